The first kappa shape index (κ1) is 17.0. The molecule has 124 valence electrons. The third-order valence-electron chi connectivity index (χ3n) is 2.78. The fourth-order valence-electron chi connectivity index (χ4n) is 1.68. The van der Waals surface area contributed by atoms with Crippen LogP contribution in [0.25, 0.3) is 0 Å². The second kappa shape index (κ2) is 7.28. The Kier molecular flexibility index (Phi) is 5.16. The molecule has 0 bridgehead atoms. The molecular weight excluding hydrogens is 340 g/mol. The van der Waals surface area contributed by atoms with E-state index in [-0.39, 0.29) is 5.69 Å². The third-order valence-corrected chi connectivity index (χ3v) is 3.78. The Bertz CT molecular complexity index is 832. The summed E-state index contributed by atoms with van der Waals surface area (Å²) in [6, 6.07) is 6.37. The number of hydrazone groups is 1. The molecule has 10 nitrogen and oxygen atoms in total. The van der Waals surface area contributed by atoms with Crippen molar-refractivity contribution >= 4 is 40.6 Å². The van der Waals surface area contributed by atoms with Gasteiger partial charge in [-0.2, -0.15) is 5.10 Å². The van der Waals surface area contributed by atoms with E-state index in [1.54, 1.807) is 12.1 Å². The number of nitro benzene ring substituents is 2. The van der Waals surface area contributed by atoms with Crippen molar-refractivity contribution < 1.29 is 19.4 Å². The first-order chi connectivity index (χ1) is 11.4. The largest absolute Gasteiger partial charge is 0.465 e. The number of ether oxygens (including phenoxy) is 1. The number of anilines is 1. The Balaban J connectivity index is 2.16. The van der Waals surface area contributed by atoms with Crippen LogP contribution in [0.5, 0.6) is 0 Å². The molecule has 0 aliphatic carbocycles. The molecular formula is C13H10N4O6S. The van der Waals surface area contributed by atoms with Crippen molar-refractivity contribution in [1.29, 1.82) is 0 Å². The van der Waals surface area contributed by atoms with Crippen molar-refractivity contribution in [2.75, 3.05) is 12.5 Å². The number of esters is 1. The zero-order chi connectivity index (χ0) is 17.7. The molecule has 0 unspecified atom stereocenters. The summed E-state index contributed by atoms with van der Waals surface area (Å²) in [5.41, 5.74) is 1.60. The smallest absolute Gasteiger partial charge is 0.348 e. The molecule has 0 aliphatic heterocycles. The second-order valence-corrected chi connectivity index (χ2v) is 5.39. The number of rotatable bonds is 6. The molecule has 0 amide bonds. The minimum atomic E-state index is -0.745. The number of nitro groups is 2. The molecule has 0 saturated carbocycles. The van der Waals surface area contributed by atoms with Crippen molar-refractivity contribution in [2.45, 2.75) is 0 Å². The number of carbonyl (C=O) groups is 1. The highest BCUT2D eigenvalue weighted by Crippen LogP contribution is 2.28. The van der Waals surface area contributed by atoms with Gasteiger partial charge in [-0.1, -0.05) is 0 Å². The molecule has 0 fully saturated rings. The predicted octanol–water partition coefficient (Wildman–Crippen LogP) is 2.80. The van der Waals surface area contributed by atoms with Gasteiger partial charge in [0.2, 0.25) is 0 Å². The summed E-state index contributed by atoms with van der Waals surface area (Å²) in [5, 5.41) is 25.5. The molecule has 0 atom stereocenters. The van der Waals surface area contributed by atoms with E-state index in [1.807, 2.05) is 0 Å². The molecule has 0 radical (unpaired) electrons. The molecule has 1 N–H and O–H groups in total. The average Bonchev–Trinajstić information content (AvgIpc) is 3.02. The first-order valence-corrected chi connectivity index (χ1v) is 7.14. The number of non-ortho nitro benzene ring substituents is 1. The van der Waals surface area contributed by atoms with Crippen molar-refractivity contribution in [3.8, 4) is 0 Å². The van der Waals surface area contributed by atoms with E-state index < -0.39 is 27.2 Å². The Morgan fingerprint density at radius 3 is 2.62 bits per heavy atom. The van der Waals surface area contributed by atoms with Crippen molar-refractivity contribution in [2.24, 2.45) is 5.10 Å². The molecule has 1 aromatic carbocycles. The maximum atomic E-state index is 11.3. The van der Waals surface area contributed by atoms with Gasteiger partial charge in [-0.3, -0.25) is 25.7 Å². The van der Waals surface area contributed by atoms with Crippen LogP contribution in [0.15, 0.2) is 35.4 Å². The zero-order valence-corrected chi connectivity index (χ0v) is 13.0. The minimum Gasteiger partial charge on any atom is -0.465 e. The van der Waals surface area contributed by atoms with E-state index in [0.29, 0.717) is 9.75 Å². The monoisotopic (exact) mass is 350 g/mol. The van der Waals surface area contributed by atoms with Crippen molar-refractivity contribution in [3.63, 3.8) is 0 Å². The number of thiophene rings is 1. The number of methoxy groups -OCH3 is 1. The lowest BCUT2D eigenvalue weighted by Gasteiger charge is -2.01. The van der Waals surface area contributed by atoms with Crippen molar-refractivity contribution in [3.05, 3.63) is 60.3 Å². The van der Waals surface area contributed by atoms with Gasteiger partial charge in [-0.25, -0.2) is 4.79 Å². The predicted molar refractivity (Wildman–Crippen MR) is 86.6 cm³/mol. The number of benzene rings is 1. The highest BCUT2D eigenvalue weighted by molar-refractivity contribution is 7.15. The summed E-state index contributed by atoms with van der Waals surface area (Å²) in [7, 11) is 1.27. The van der Waals surface area contributed by atoms with E-state index in [1.165, 1.54) is 19.4 Å². The standard InChI is InChI=1S/C13H10N4O6S/c1-23-13(18)12-5-3-9(24-12)7-14-15-10-4-2-8(16(19)20)6-11(10)17(21)22/h2-7,15H,1H3/b14-7+. The molecule has 0 aliphatic rings. The van der Waals surface area contributed by atoms with Gasteiger partial charge in [-0.15, -0.1) is 11.3 Å². The topological polar surface area (TPSA) is 137 Å². The van der Waals surface area contributed by atoms with E-state index in [4.69, 9.17) is 0 Å². The van der Waals surface area contributed by atoms with Crippen LogP contribution >= 0.6 is 11.3 Å². The van der Waals surface area contributed by atoms with Gasteiger partial charge >= 0.3 is 11.7 Å². The van der Waals surface area contributed by atoms with Crippen LogP contribution in [0.3, 0.4) is 0 Å². The number of carbonyl (C=O) groups excluding carboxylic acids is 1. The maximum Gasteiger partial charge on any atom is 0.348 e. The van der Waals surface area contributed by atoms with Crippen LogP contribution in [0.2, 0.25) is 0 Å². The van der Waals surface area contributed by atoms with Gasteiger partial charge in [0.15, 0.2) is 0 Å². The molecule has 0 spiro atoms. The number of hydrogen-bond donors (Lipinski definition) is 1. The van der Waals surface area contributed by atoms with Gasteiger partial charge < -0.3 is 4.74 Å². The van der Waals surface area contributed by atoms with Crippen LogP contribution in [0.4, 0.5) is 17.1 Å². The van der Waals surface area contributed by atoms with Gasteiger partial charge in [0, 0.05) is 10.9 Å². The van der Waals surface area contributed by atoms with Crippen LogP contribution in [-0.4, -0.2) is 29.1 Å². The average molecular weight is 350 g/mol. The van der Waals surface area contributed by atoms with Gasteiger partial charge in [-0.05, 0) is 18.2 Å². The highest BCUT2D eigenvalue weighted by Gasteiger charge is 2.19. The lowest BCUT2D eigenvalue weighted by Crippen LogP contribution is -1.98. The first-order valence-electron chi connectivity index (χ1n) is 6.32. The molecule has 1 heterocycles. The lowest BCUT2D eigenvalue weighted by molar-refractivity contribution is -0.393. The van der Waals surface area contributed by atoms with E-state index in [2.05, 4.69) is 15.3 Å². The van der Waals surface area contributed by atoms with Gasteiger partial charge in [0.1, 0.15) is 10.6 Å². The molecule has 2 aromatic rings. The fraction of sp³-hybridized carbons (Fsp3) is 0.0769. The van der Waals surface area contributed by atoms with Crippen LogP contribution in [-0.2, 0) is 4.74 Å². The zero-order valence-electron chi connectivity index (χ0n) is 12.2. The fourth-order valence-corrected chi connectivity index (χ4v) is 2.48. The van der Waals surface area contributed by atoms with Crippen LogP contribution in [0, 0.1) is 20.2 Å². The Hall–Kier alpha value is -3.34. The lowest BCUT2D eigenvalue weighted by atomic mass is 10.2. The van der Waals surface area contributed by atoms with Gasteiger partial charge in [0.25, 0.3) is 5.69 Å². The SMILES string of the molecule is COC(=O)c1ccc(/C=N/Nc2ccc([N+](=O)[O-])cc2[N+](=O)[O-])s1. The normalized spacial score (nSPS) is 10.5. The molecule has 1 aromatic heterocycles. The summed E-state index contributed by atoms with van der Waals surface area (Å²) in [5.74, 6) is -0.474. The number of hydrogen-bond acceptors (Lipinski definition) is 9. The summed E-state index contributed by atoms with van der Waals surface area (Å²) in [6.45, 7) is 0. The molecule has 24 heavy (non-hydrogen) atoms. The highest BCUT2D eigenvalue weighted by atomic mass is 32.1. The molecule has 0 saturated heterocycles. The quantitative estimate of drug-likeness (QED) is 0.366. The summed E-state index contributed by atoms with van der Waals surface area (Å²) >= 11 is 1.13. The van der Waals surface area contributed by atoms with Crippen LogP contribution < -0.4 is 5.43 Å². The van der Waals surface area contributed by atoms with Crippen LogP contribution in [0.1, 0.15) is 14.5 Å². The summed E-state index contributed by atoms with van der Waals surface area (Å²) in [6.07, 6.45) is 1.36. The van der Waals surface area contributed by atoms with Gasteiger partial charge in [0.05, 0.1) is 29.2 Å². The number of nitrogens with one attached hydrogen (secondary N) is 1. The van der Waals surface area contributed by atoms with E-state index in [0.717, 1.165) is 23.5 Å². The summed E-state index contributed by atoms with van der Waals surface area (Å²) in [4.78, 5) is 32.5. The minimum absolute atomic E-state index is 0.00611. The second-order valence-electron chi connectivity index (χ2n) is 4.28. The Morgan fingerprint density at radius 1 is 1.25 bits per heavy atom. The summed E-state index contributed by atoms with van der Waals surface area (Å²) < 4.78 is 4.58. The van der Waals surface area contributed by atoms with E-state index in [9.17, 15) is 25.0 Å². The van der Waals surface area contributed by atoms with E-state index >= 15 is 0 Å². The Morgan fingerprint density at radius 2 is 2.00 bits per heavy atom. The Labute approximate surface area is 138 Å². The molecule has 11 heteroatoms. The van der Waals surface area contributed by atoms with Crippen molar-refractivity contribution in [1.82, 2.24) is 0 Å². The third kappa shape index (κ3) is 3.89. The number of nitrogens with zero attached hydrogens (tertiary/aromatic N) is 3. The maximum absolute atomic E-state index is 11.3. The molecule has 2 rings (SSSR count).